The monoisotopic (exact) mass is 295 g/mol. The predicted octanol–water partition coefficient (Wildman–Crippen LogP) is 2.04. The van der Waals surface area contributed by atoms with Crippen molar-refractivity contribution in [3.63, 3.8) is 0 Å². The van der Waals surface area contributed by atoms with Crippen LogP contribution in [0.3, 0.4) is 0 Å². The minimum atomic E-state index is -0.563. The van der Waals surface area contributed by atoms with Crippen molar-refractivity contribution in [3.05, 3.63) is 35.1 Å². The summed E-state index contributed by atoms with van der Waals surface area (Å²) in [5.41, 5.74) is 0.552. The first kappa shape index (κ1) is 16.5. The fourth-order valence-electron chi connectivity index (χ4n) is 1.59. The van der Waals surface area contributed by atoms with E-state index in [0.29, 0.717) is 12.0 Å². The lowest BCUT2D eigenvalue weighted by Gasteiger charge is -2.13. The highest BCUT2D eigenvalue weighted by Gasteiger charge is 2.14. The van der Waals surface area contributed by atoms with Gasteiger partial charge in [0.05, 0.1) is 12.2 Å². The van der Waals surface area contributed by atoms with Gasteiger partial charge in [0.2, 0.25) is 0 Å². The molecule has 0 heterocycles. The number of aliphatic hydroxyl groups is 1. The Morgan fingerprint density at radius 1 is 1.55 bits per heavy atom. The summed E-state index contributed by atoms with van der Waals surface area (Å²) in [6.45, 7) is 1.85. The topological polar surface area (TPSA) is 49.3 Å². The van der Waals surface area contributed by atoms with Gasteiger partial charge >= 0.3 is 0 Å². The summed E-state index contributed by atoms with van der Waals surface area (Å²) in [6.07, 6.45) is 2.30. The second-order valence-corrected chi connectivity index (χ2v) is 5.21. The molecule has 20 heavy (non-hydrogen) atoms. The van der Waals surface area contributed by atoms with Gasteiger partial charge < -0.3 is 10.4 Å². The maximum atomic E-state index is 13.7. The summed E-state index contributed by atoms with van der Waals surface area (Å²) in [5, 5.41) is 11.4. The Labute approximate surface area is 123 Å². The lowest BCUT2D eigenvalue weighted by Crippen LogP contribution is -2.34. The molecule has 1 aromatic carbocycles. The van der Waals surface area contributed by atoms with Crippen LogP contribution in [0.5, 0.6) is 0 Å². The molecule has 0 aliphatic heterocycles. The van der Waals surface area contributed by atoms with E-state index < -0.39 is 11.7 Å². The summed E-state index contributed by atoms with van der Waals surface area (Å²) in [4.78, 5) is 12.0. The van der Waals surface area contributed by atoms with Crippen LogP contribution in [0.1, 0.15) is 29.3 Å². The van der Waals surface area contributed by atoms with E-state index in [0.717, 1.165) is 5.75 Å². The number of carbonyl (C=O) groups excluding carboxylic acids is 1. The summed E-state index contributed by atoms with van der Waals surface area (Å²) >= 11 is 1.61. The van der Waals surface area contributed by atoms with E-state index in [1.165, 1.54) is 18.2 Å². The van der Waals surface area contributed by atoms with Gasteiger partial charge in [-0.15, -0.1) is 0 Å². The van der Waals surface area contributed by atoms with Crippen molar-refractivity contribution in [3.8, 4) is 11.8 Å². The van der Waals surface area contributed by atoms with Gasteiger partial charge in [-0.3, -0.25) is 4.79 Å². The van der Waals surface area contributed by atoms with Crippen LogP contribution in [0, 0.1) is 17.7 Å². The van der Waals surface area contributed by atoms with Crippen molar-refractivity contribution >= 4 is 17.7 Å². The normalized spacial score (nSPS) is 11.4. The molecule has 1 atom stereocenters. The fourth-order valence-corrected chi connectivity index (χ4v) is 2.17. The van der Waals surface area contributed by atoms with Gasteiger partial charge in [-0.25, -0.2) is 4.39 Å². The van der Waals surface area contributed by atoms with E-state index >= 15 is 0 Å². The average molecular weight is 295 g/mol. The maximum absolute atomic E-state index is 13.7. The second-order valence-electron chi connectivity index (χ2n) is 4.30. The quantitative estimate of drug-likeness (QED) is 0.817. The zero-order valence-corrected chi connectivity index (χ0v) is 12.4. The molecule has 5 heteroatoms. The van der Waals surface area contributed by atoms with Gasteiger partial charge in [-0.2, -0.15) is 11.8 Å². The third-order valence-corrected chi connectivity index (χ3v) is 3.31. The number of hydrogen-bond acceptors (Lipinski definition) is 3. The SMILES string of the molecule is CSCC(C)NC(=O)c1cc(C#CCCO)ccc1F. The Kier molecular flexibility index (Phi) is 7.13. The van der Waals surface area contributed by atoms with Gasteiger partial charge in [-0.1, -0.05) is 11.8 Å². The van der Waals surface area contributed by atoms with Crippen molar-refractivity contribution < 1.29 is 14.3 Å². The number of nitrogens with one attached hydrogen (secondary N) is 1. The van der Waals surface area contributed by atoms with Gasteiger partial charge in [-0.05, 0) is 31.4 Å². The van der Waals surface area contributed by atoms with Gasteiger partial charge in [0.25, 0.3) is 5.91 Å². The van der Waals surface area contributed by atoms with Gasteiger partial charge in [0.1, 0.15) is 5.82 Å². The number of benzene rings is 1. The van der Waals surface area contributed by atoms with Gasteiger partial charge in [0, 0.05) is 23.8 Å². The van der Waals surface area contributed by atoms with E-state index in [-0.39, 0.29) is 18.2 Å². The van der Waals surface area contributed by atoms with Crippen molar-refractivity contribution in [2.45, 2.75) is 19.4 Å². The Morgan fingerprint density at radius 2 is 2.30 bits per heavy atom. The molecule has 108 valence electrons. The molecule has 1 aromatic rings. The number of halogens is 1. The van der Waals surface area contributed by atoms with E-state index in [1.807, 2.05) is 13.2 Å². The van der Waals surface area contributed by atoms with E-state index in [2.05, 4.69) is 17.2 Å². The molecule has 0 aliphatic carbocycles. The highest BCUT2D eigenvalue weighted by atomic mass is 32.2. The number of thioether (sulfide) groups is 1. The molecular formula is C15H18FNO2S. The Morgan fingerprint density at radius 3 is 2.95 bits per heavy atom. The number of carbonyl (C=O) groups is 1. The Hall–Kier alpha value is -1.51. The zero-order chi connectivity index (χ0) is 15.0. The van der Waals surface area contributed by atoms with Crippen LogP contribution in [-0.4, -0.2) is 35.7 Å². The van der Waals surface area contributed by atoms with Crippen molar-refractivity contribution in [2.75, 3.05) is 18.6 Å². The number of rotatable bonds is 5. The van der Waals surface area contributed by atoms with Crippen LogP contribution >= 0.6 is 11.8 Å². The summed E-state index contributed by atoms with van der Waals surface area (Å²) in [5.74, 6) is 5.29. The molecule has 0 fully saturated rings. The highest BCUT2D eigenvalue weighted by molar-refractivity contribution is 7.98. The average Bonchev–Trinajstić information content (AvgIpc) is 2.41. The standard InChI is InChI=1S/C15H18FNO2S/c1-11(10-20-2)17-15(19)13-9-12(5-3-4-8-18)6-7-14(13)16/h6-7,9,11,18H,4,8,10H2,1-2H3,(H,17,19). The molecule has 0 bridgehead atoms. The molecular weight excluding hydrogens is 277 g/mol. The second kappa shape index (κ2) is 8.62. The van der Waals surface area contributed by atoms with Crippen molar-refractivity contribution in [1.82, 2.24) is 5.32 Å². The fraction of sp³-hybridized carbons (Fsp3) is 0.400. The third kappa shape index (κ3) is 5.24. The molecule has 0 radical (unpaired) electrons. The van der Waals surface area contributed by atoms with Crippen molar-refractivity contribution in [2.24, 2.45) is 0 Å². The van der Waals surface area contributed by atoms with Gasteiger partial charge in [0.15, 0.2) is 0 Å². The first-order valence-corrected chi connectivity index (χ1v) is 7.67. The number of aliphatic hydroxyl groups excluding tert-OH is 1. The zero-order valence-electron chi connectivity index (χ0n) is 11.6. The van der Waals surface area contributed by atoms with E-state index in [1.54, 1.807) is 11.8 Å². The number of hydrogen-bond donors (Lipinski definition) is 2. The molecule has 0 aliphatic rings. The molecule has 1 rings (SSSR count). The molecule has 2 N–H and O–H groups in total. The number of amides is 1. The summed E-state index contributed by atoms with van der Waals surface area (Å²) in [7, 11) is 0. The molecule has 1 amide bonds. The van der Waals surface area contributed by atoms with Crippen LogP contribution < -0.4 is 5.32 Å². The third-order valence-electron chi connectivity index (χ3n) is 2.47. The predicted molar refractivity (Wildman–Crippen MR) is 80.3 cm³/mol. The lowest BCUT2D eigenvalue weighted by molar-refractivity contribution is 0.0939. The molecule has 0 spiro atoms. The lowest BCUT2D eigenvalue weighted by atomic mass is 10.1. The van der Waals surface area contributed by atoms with E-state index in [4.69, 9.17) is 5.11 Å². The first-order valence-electron chi connectivity index (χ1n) is 6.27. The summed E-state index contributed by atoms with van der Waals surface area (Å²) in [6, 6.07) is 4.15. The molecule has 0 saturated heterocycles. The minimum Gasteiger partial charge on any atom is -0.395 e. The molecule has 0 saturated carbocycles. The molecule has 3 nitrogen and oxygen atoms in total. The largest absolute Gasteiger partial charge is 0.395 e. The molecule has 0 aromatic heterocycles. The van der Waals surface area contributed by atoms with Crippen LogP contribution in [0.4, 0.5) is 4.39 Å². The molecule has 1 unspecified atom stereocenters. The van der Waals surface area contributed by atoms with Crippen LogP contribution in [0.15, 0.2) is 18.2 Å². The van der Waals surface area contributed by atoms with Crippen LogP contribution in [0.2, 0.25) is 0 Å². The maximum Gasteiger partial charge on any atom is 0.254 e. The smallest absolute Gasteiger partial charge is 0.254 e. The first-order chi connectivity index (χ1) is 9.58. The van der Waals surface area contributed by atoms with Crippen LogP contribution in [-0.2, 0) is 0 Å². The van der Waals surface area contributed by atoms with Crippen LogP contribution in [0.25, 0.3) is 0 Å². The highest BCUT2D eigenvalue weighted by Crippen LogP contribution is 2.11. The van der Waals surface area contributed by atoms with Crippen molar-refractivity contribution in [1.29, 1.82) is 0 Å². The Balaban J connectivity index is 2.86. The Bertz CT molecular complexity index is 522. The summed E-state index contributed by atoms with van der Waals surface area (Å²) < 4.78 is 13.7. The van der Waals surface area contributed by atoms with E-state index in [9.17, 15) is 9.18 Å². The minimum absolute atomic E-state index is 0.00579.